The first-order valence-electron chi connectivity index (χ1n) is 23.1. The molecule has 5 aliphatic rings. The second-order valence-corrected chi connectivity index (χ2v) is 20.0. The summed E-state index contributed by atoms with van der Waals surface area (Å²) in [5.41, 5.74) is -9.20. The summed E-state index contributed by atoms with van der Waals surface area (Å²) in [4.78, 5) is 80.9. The average Bonchev–Trinajstić information content (AvgIpc) is 3.31. The zero-order chi connectivity index (χ0) is 51.6. The fourth-order valence-electron chi connectivity index (χ4n) is 12.7. The molecule has 3 aromatic carbocycles. The number of carbonyl (C=O) groups excluding carboxylic acids is 5. The molecule has 0 radical (unpaired) electrons. The average molecular weight is 987 g/mol. The molecular weight excluding hydrogens is 929 g/mol. The number of fused-ring (bicyclic) bond motifs is 1. The van der Waals surface area contributed by atoms with E-state index in [9.17, 15) is 39.5 Å². The van der Waals surface area contributed by atoms with Gasteiger partial charge in [0.2, 0.25) is 6.10 Å². The molecule has 380 valence electrons. The molecule has 71 heavy (non-hydrogen) atoms. The zero-order valence-corrected chi connectivity index (χ0v) is 40.7. The lowest BCUT2D eigenvalue weighted by Crippen LogP contribution is -3.00. The molecule has 1 spiro atoms. The Hall–Kier alpha value is -6.45. The number of carbonyl (C=O) groups is 5. The molecule has 20 heteroatoms. The zero-order valence-electron chi connectivity index (χ0n) is 40.7. The van der Waals surface area contributed by atoms with Crippen LogP contribution in [0.15, 0.2) is 96.1 Å². The number of aliphatic hydroxyl groups is 2. The minimum atomic E-state index is -2.23. The van der Waals surface area contributed by atoms with Crippen LogP contribution in [0.3, 0.4) is 0 Å². The maximum atomic E-state index is 15.1. The van der Waals surface area contributed by atoms with E-state index in [0.29, 0.717) is 0 Å². The molecule has 0 aromatic heterocycles. The van der Waals surface area contributed by atoms with Crippen molar-refractivity contribution >= 4 is 35.8 Å². The molecule has 13 atom stereocenters. The van der Waals surface area contributed by atoms with Gasteiger partial charge in [0.15, 0.2) is 5.60 Å². The molecule has 20 nitrogen and oxygen atoms in total. The van der Waals surface area contributed by atoms with Crippen LogP contribution in [0.25, 0.3) is 0 Å². The summed E-state index contributed by atoms with van der Waals surface area (Å²) in [6, 6.07) is 18.9. The lowest BCUT2D eigenvalue weighted by atomic mass is 9.20. The summed E-state index contributed by atoms with van der Waals surface area (Å²) in [6.07, 6.45) is -12.5. The number of nitro benzene ring substituents is 1. The van der Waals surface area contributed by atoms with E-state index in [1.165, 1.54) is 33.3 Å². The molecule has 3 saturated carbocycles. The summed E-state index contributed by atoms with van der Waals surface area (Å²) in [6.45, 7) is 11.0. The number of rotatable bonds is 13. The van der Waals surface area contributed by atoms with Crippen molar-refractivity contribution in [1.82, 2.24) is 5.32 Å². The number of non-ortho nitro benzene ring substituents is 1. The predicted octanol–water partition coefficient (Wildman–Crippen LogP) is 5.86. The number of methoxy groups -OCH3 is 2. The SMILES string of the molecule is CO[C@@H]1C2=C(C)[C@@H](OC(=O)[C@H](OC(=O)Oc3ccc([N+](=O)[O-])cc3)[C@@H](NC(=O)OC(C)(C)C)c3ccccc3)C[C@@]3(O)[C@@H](OC(=O)c4ccccc4)C4(C23C)[C@]2(OC(C)=O)CO[C@@H]2C[C@H](OC)[C@@]4(C)C1O. The Balaban J connectivity index is 1.27. The van der Waals surface area contributed by atoms with E-state index in [-0.39, 0.29) is 46.7 Å². The Bertz CT molecular complexity index is 2620. The Kier molecular flexibility index (Phi) is 13.1. The van der Waals surface area contributed by atoms with E-state index in [1.54, 1.807) is 90.1 Å². The number of hydrogen-bond acceptors (Lipinski definition) is 18. The van der Waals surface area contributed by atoms with Crippen LogP contribution in [0.4, 0.5) is 15.3 Å². The van der Waals surface area contributed by atoms with Gasteiger partial charge in [-0.1, -0.05) is 62.4 Å². The summed E-state index contributed by atoms with van der Waals surface area (Å²) < 4.78 is 54.5. The lowest BCUT2D eigenvalue weighted by molar-refractivity contribution is -0.494. The fourth-order valence-corrected chi connectivity index (χ4v) is 12.7. The number of nitro groups is 1. The Morgan fingerprint density at radius 2 is 1.55 bits per heavy atom. The summed E-state index contributed by atoms with van der Waals surface area (Å²) in [5.74, 6) is -3.01. The predicted molar refractivity (Wildman–Crippen MR) is 245 cm³/mol. The van der Waals surface area contributed by atoms with E-state index in [4.69, 9.17) is 42.6 Å². The molecular formula is C51H58N2O18. The van der Waals surface area contributed by atoms with Crippen molar-refractivity contribution in [2.24, 2.45) is 16.2 Å². The number of alkyl carbamates (subject to hydrolysis) is 1. The van der Waals surface area contributed by atoms with Gasteiger partial charge >= 0.3 is 30.2 Å². The second-order valence-electron chi connectivity index (χ2n) is 20.0. The molecule has 1 heterocycles. The minimum Gasteiger partial charge on any atom is -0.455 e. The number of amides is 1. The van der Waals surface area contributed by atoms with E-state index in [2.05, 4.69) is 5.32 Å². The van der Waals surface area contributed by atoms with Crippen molar-refractivity contribution in [3.63, 3.8) is 0 Å². The van der Waals surface area contributed by atoms with Gasteiger partial charge in [0.25, 0.3) is 5.69 Å². The van der Waals surface area contributed by atoms with Gasteiger partial charge in [0, 0.05) is 56.9 Å². The highest BCUT2D eigenvalue weighted by Crippen LogP contribution is 2.86. The number of ether oxygens (including phenoxy) is 9. The smallest absolute Gasteiger partial charge is 0.455 e. The number of hydrogen-bond donors (Lipinski definition) is 3. The second kappa shape index (κ2) is 18.3. The number of aliphatic hydroxyl groups excluding tert-OH is 1. The highest BCUT2D eigenvalue weighted by molar-refractivity contribution is 5.90. The van der Waals surface area contributed by atoms with Crippen LogP contribution < -0.4 is 10.1 Å². The number of benzene rings is 3. The first-order valence-corrected chi connectivity index (χ1v) is 23.1. The number of nitrogens with one attached hydrogen (secondary N) is 1. The van der Waals surface area contributed by atoms with Crippen LogP contribution in [0, 0.1) is 26.4 Å². The van der Waals surface area contributed by atoms with E-state index < -0.39 is 123 Å². The number of esters is 3. The van der Waals surface area contributed by atoms with Gasteiger partial charge in [-0.3, -0.25) is 14.9 Å². The van der Waals surface area contributed by atoms with Crippen molar-refractivity contribution in [2.75, 3.05) is 20.8 Å². The third kappa shape index (κ3) is 7.72. The van der Waals surface area contributed by atoms with Crippen LogP contribution in [-0.4, -0.2) is 126 Å². The van der Waals surface area contributed by atoms with Crippen molar-refractivity contribution in [2.45, 2.75) is 127 Å². The lowest BCUT2D eigenvalue weighted by Gasteiger charge is -2.87. The Morgan fingerprint density at radius 1 is 0.915 bits per heavy atom. The maximum absolute atomic E-state index is 15.1. The standard InChI is InChI=1S/C51H58N2O18/c1-27-33(67-42(57)39(68-45(59)66-32-22-20-31(21-23-32)53(61)62)37(29-16-12-10-13-17-29)52-44(58)71-46(3,4)5)25-49(60)43(69-41(56)30-18-14-11-15-19-30)51-47(6,40(55)38(64-9)36(27)48(49,51)7)34(63-8)24-35-50(51,26-65-35)70-28(2)54/h10-23,33-35,37-40,43,55,60H,24-26H2,1-9H3,(H,52,58)/t33-,34-,35+,37-,38+,39+,40?,43+,47-,48?,49+,50-,51?/m0/s1. The molecule has 1 saturated heterocycles. The molecule has 1 aliphatic heterocycles. The van der Waals surface area contributed by atoms with Crippen molar-refractivity contribution in [3.05, 3.63) is 117 Å². The maximum Gasteiger partial charge on any atom is 0.514 e. The first-order chi connectivity index (χ1) is 33.4. The van der Waals surface area contributed by atoms with Gasteiger partial charge in [-0.2, -0.15) is 0 Å². The third-order valence-electron chi connectivity index (χ3n) is 15.4. The van der Waals surface area contributed by atoms with Crippen LogP contribution in [0.1, 0.15) is 83.3 Å². The molecule has 4 aliphatic carbocycles. The molecule has 3 unspecified atom stereocenters. The molecule has 1 amide bonds. The molecule has 8 rings (SSSR count). The highest BCUT2D eigenvalue weighted by Gasteiger charge is 2.99. The topological polar surface area (TPSA) is 264 Å². The summed E-state index contributed by atoms with van der Waals surface area (Å²) in [5, 5.41) is 40.7. The highest BCUT2D eigenvalue weighted by atomic mass is 16.7. The number of nitrogens with zero attached hydrogens (tertiary/aromatic N) is 1. The summed E-state index contributed by atoms with van der Waals surface area (Å²) in [7, 11) is 2.82. The fraction of sp³-hybridized carbons (Fsp3) is 0.510. The monoisotopic (exact) mass is 986 g/mol. The largest absolute Gasteiger partial charge is 0.514 e. The van der Waals surface area contributed by atoms with E-state index in [0.717, 1.165) is 24.3 Å². The van der Waals surface area contributed by atoms with Crippen LogP contribution in [0.5, 0.6) is 5.75 Å². The quantitative estimate of drug-likeness (QED) is 0.0452. The van der Waals surface area contributed by atoms with Gasteiger partial charge in [-0.15, -0.1) is 0 Å². The third-order valence-corrected chi connectivity index (χ3v) is 15.4. The van der Waals surface area contributed by atoms with Crippen molar-refractivity contribution in [1.29, 1.82) is 0 Å². The molecule has 0 bridgehead atoms. The van der Waals surface area contributed by atoms with Crippen LogP contribution >= 0.6 is 0 Å². The van der Waals surface area contributed by atoms with Gasteiger partial charge < -0.3 is 58.2 Å². The van der Waals surface area contributed by atoms with E-state index in [1.807, 2.05) is 0 Å². The first kappa shape index (κ1) is 50.9. The van der Waals surface area contributed by atoms with Crippen molar-refractivity contribution in [3.8, 4) is 5.75 Å². The Morgan fingerprint density at radius 3 is 2.10 bits per heavy atom. The normalized spacial score (nSPS) is 33.1. The van der Waals surface area contributed by atoms with Crippen LogP contribution in [0.2, 0.25) is 0 Å². The van der Waals surface area contributed by atoms with Crippen molar-refractivity contribution < 1.29 is 81.7 Å². The van der Waals surface area contributed by atoms with Gasteiger partial charge in [0.05, 0.1) is 34.7 Å². The van der Waals surface area contributed by atoms with Gasteiger partial charge in [0.1, 0.15) is 47.4 Å². The minimum absolute atomic E-state index is 0.117. The van der Waals surface area contributed by atoms with E-state index >= 15 is 4.79 Å². The van der Waals surface area contributed by atoms with Gasteiger partial charge in [-0.25, -0.2) is 19.2 Å². The van der Waals surface area contributed by atoms with Crippen LogP contribution in [-0.2, 0) is 47.5 Å². The Labute approximate surface area is 408 Å². The van der Waals surface area contributed by atoms with Gasteiger partial charge in [-0.05, 0) is 68.7 Å². The molecule has 4 fully saturated rings. The summed E-state index contributed by atoms with van der Waals surface area (Å²) >= 11 is 0. The molecule has 3 aromatic rings. The molecule has 3 N–H and O–H groups in total.